The number of nitrogens with zero attached hydrogens (tertiary/aromatic N) is 4. The summed E-state index contributed by atoms with van der Waals surface area (Å²) in [7, 11) is 0. The molecule has 0 bridgehead atoms. The number of hydrazine groups is 1. The summed E-state index contributed by atoms with van der Waals surface area (Å²) in [5, 5.41) is 16.4. The van der Waals surface area contributed by atoms with Crippen LogP contribution in [-0.4, -0.2) is 27.0 Å². The molecular formula is C17H17N6O2+. The van der Waals surface area contributed by atoms with Gasteiger partial charge in [-0.1, -0.05) is 48.5 Å². The number of nitrogens with one attached hydrogen (secondary N) is 1. The summed E-state index contributed by atoms with van der Waals surface area (Å²) >= 11 is 0. The molecule has 0 saturated carbocycles. The topological polar surface area (TPSA) is 108 Å². The molecule has 0 spiro atoms. The van der Waals surface area contributed by atoms with Gasteiger partial charge >= 0.3 is 5.03 Å². The smallest absolute Gasteiger partial charge is 0.362 e. The average Bonchev–Trinajstić information content (AvgIpc) is 2.93. The lowest BCUT2D eigenvalue weighted by atomic mass is 10.2. The Bertz CT molecular complexity index is 946. The van der Waals surface area contributed by atoms with Crippen LogP contribution < -0.4 is 11.2 Å². The van der Waals surface area contributed by atoms with Gasteiger partial charge in [-0.3, -0.25) is 0 Å². The number of fused-ring (bicyclic) bond motifs is 1. The summed E-state index contributed by atoms with van der Waals surface area (Å²) in [6.45, 7) is 0.734. The van der Waals surface area contributed by atoms with Crippen molar-refractivity contribution in [3.05, 3.63) is 76.8 Å². The first-order valence-electron chi connectivity index (χ1n) is 7.54. The van der Waals surface area contributed by atoms with Gasteiger partial charge in [-0.05, 0) is 17.1 Å². The number of rotatable bonds is 5. The zero-order valence-electron chi connectivity index (χ0n) is 13.3. The van der Waals surface area contributed by atoms with Crippen LogP contribution in [0.15, 0.2) is 71.0 Å². The van der Waals surface area contributed by atoms with Gasteiger partial charge in [-0.2, -0.15) is 5.10 Å². The highest BCUT2D eigenvalue weighted by Gasteiger charge is 2.07. The van der Waals surface area contributed by atoms with Gasteiger partial charge in [0.1, 0.15) is 4.91 Å². The Labute approximate surface area is 143 Å². The molecule has 25 heavy (non-hydrogen) atoms. The van der Waals surface area contributed by atoms with Gasteiger partial charge in [-0.25, -0.2) is 5.21 Å². The third kappa shape index (κ3) is 3.99. The Morgan fingerprint density at radius 3 is 2.68 bits per heavy atom. The quantitative estimate of drug-likeness (QED) is 0.376. The van der Waals surface area contributed by atoms with Crippen molar-refractivity contribution in [2.75, 3.05) is 0 Å². The third-order valence-corrected chi connectivity index (χ3v) is 3.59. The van der Waals surface area contributed by atoms with Crippen LogP contribution in [0.1, 0.15) is 11.1 Å². The minimum atomic E-state index is -0.542. The molecular weight excluding hydrogens is 320 g/mol. The molecule has 3 rings (SSSR count). The van der Waals surface area contributed by atoms with Gasteiger partial charge in [0.15, 0.2) is 0 Å². The first-order valence-corrected chi connectivity index (χ1v) is 7.54. The predicted octanol–water partition coefficient (Wildman–Crippen LogP) is 2.01. The monoisotopic (exact) mass is 337 g/mol. The molecule has 0 unspecified atom stereocenters. The van der Waals surface area contributed by atoms with Crippen LogP contribution in [0.4, 0.5) is 0 Å². The second-order valence-corrected chi connectivity index (χ2v) is 5.33. The van der Waals surface area contributed by atoms with E-state index in [4.69, 9.17) is 10.9 Å². The van der Waals surface area contributed by atoms with Crippen LogP contribution in [0.3, 0.4) is 0 Å². The standard InChI is InChI=1S/C17H17N6O2/c18-17(21-23(24)25)20-19-10-14-12-22(11-13-6-2-1-3-7-13)16-9-5-4-8-15(14)16/h1-10,12H,11H2,(H,24,25)(H3,18,20,21)/q+1/b19-10+. The van der Waals surface area contributed by atoms with Crippen LogP contribution >= 0.6 is 0 Å². The summed E-state index contributed by atoms with van der Waals surface area (Å²) < 4.78 is 2.13. The van der Waals surface area contributed by atoms with Gasteiger partial charge in [0, 0.05) is 29.2 Å². The Morgan fingerprint density at radius 2 is 1.92 bits per heavy atom. The van der Waals surface area contributed by atoms with Crippen molar-refractivity contribution in [1.29, 1.82) is 0 Å². The van der Waals surface area contributed by atoms with E-state index in [-0.39, 0.29) is 5.96 Å². The summed E-state index contributed by atoms with van der Waals surface area (Å²) in [6.07, 6.45) is 3.52. The van der Waals surface area contributed by atoms with Crippen molar-refractivity contribution in [3.8, 4) is 0 Å². The largest absolute Gasteiger partial charge is 0.364 e. The van der Waals surface area contributed by atoms with Gasteiger partial charge in [-0.15, -0.1) is 5.10 Å². The summed E-state index contributed by atoms with van der Waals surface area (Å²) in [5.41, 5.74) is 10.4. The molecule has 0 aliphatic heterocycles. The van der Waals surface area contributed by atoms with Gasteiger partial charge < -0.3 is 10.3 Å². The van der Waals surface area contributed by atoms with E-state index in [1.165, 1.54) is 5.56 Å². The molecule has 3 aromatic rings. The Hall–Kier alpha value is -3.68. The first kappa shape index (κ1) is 16.2. The number of nitrogens with two attached hydrogens (primary N) is 1. The lowest BCUT2D eigenvalue weighted by Gasteiger charge is -2.05. The molecule has 126 valence electrons. The van der Waals surface area contributed by atoms with Crippen molar-refractivity contribution in [2.45, 2.75) is 6.54 Å². The fourth-order valence-corrected chi connectivity index (χ4v) is 2.56. The van der Waals surface area contributed by atoms with E-state index in [1.54, 1.807) is 6.21 Å². The molecule has 2 aromatic carbocycles. The van der Waals surface area contributed by atoms with Crippen molar-refractivity contribution in [3.63, 3.8) is 0 Å². The molecule has 4 N–H and O–H groups in total. The van der Waals surface area contributed by atoms with E-state index < -0.39 is 5.03 Å². The fourth-order valence-electron chi connectivity index (χ4n) is 2.56. The van der Waals surface area contributed by atoms with E-state index in [2.05, 4.69) is 26.9 Å². The van der Waals surface area contributed by atoms with Gasteiger partial charge in [0.2, 0.25) is 0 Å². The van der Waals surface area contributed by atoms with Crippen molar-refractivity contribution >= 4 is 23.1 Å². The highest BCUT2D eigenvalue weighted by Crippen LogP contribution is 2.21. The molecule has 0 atom stereocenters. The lowest BCUT2D eigenvalue weighted by molar-refractivity contribution is -0.822. The Morgan fingerprint density at radius 1 is 1.20 bits per heavy atom. The molecule has 8 nitrogen and oxygen atoms in total. The maximum atomic E-state index is 10.4. The maximum absolute atomic E-state index is 10.4. The number of aromatic nitrogens is 1. The molecule has 8 heteroatoms. The third-order valence-electron chi connectivity index (χ3n) is 3.59. The highest BCUT2D eigenvalue weighted by atomic mass is 16.7. The molecule has 0 aliphatic carbocycles. The predicted molar refractivity (Wildman–Crippen MR) is 95.2 cm³/mol. The summed E-state index contributed by atoms with van der Waals surface area (Å²) in [5.74, 6) is -0.318. The van der Waals surface area contributed by atoms with Crippen LogP contribution in [0.5, 0.6) is 0 Å². The van der Waals surface area contributed by atoms with Crippen LogP contribution in [-0.2, 0) is 6.54 Å². The molecule has 0 amide bonds. The van der Waals surface area contributed by atoms with E-state index in [0.717, 1.165) is 23.0 Å². The number of hydrogen-bond acceptors (Lipinski definition) is 3. The molecule has 0 aliphatic rings. The molecule has 0 fully saturated rings. The molecule has 0 radical (unpaired) electrons. The molecule has 1 heterocycles. The van der Waals surface area contributed by atoms with Crippen LogP contribution in [0.2, 0.25) is 0 Å². The zero-order valence-corrected chi connectivity index (χ0v) is 13.3. The van der Waals surface area contributed by atoms with E-state index in [0.29, 0.717) is 0 Å². The Kier molecular flexibility index (Phi) is 4.70. The van der Waals surface area contributed by atoms with E-state index in [9.17, 15) is 4.91 Å². The molecule has 1 aromatic heterocycles. The normalized spacial score (nSPS) is 11.9. The van der Waals surface area contributed by atoms with E-state index in [1.807, 2.05) is 54.1 Å². The number of guanidine groups is 1. The van der Waals surface area contributed by atoms with E-state index >= 15 is 0 Å². The lowest BCUT2D eigenvalue weighted by Crippen LogP contribution is -2.36. The maximum Gasteiger partial charge on any atom is 0.362 e. The number of benzene rings is 2. The fraction of sp³-hybridized carbons (Fsp3) is 0.0588. The second kappa shape index (κ2) is 7.26. The van der Waals surface area contributed by atoms with Crippen LogP contribution in [0.25, 0.3) is 10.9 Å². The average molecular weight is 337 g/mol. The van der Waals surface area contributed by atoms with Crippen LogP contribution in [0, 0.1) is 4.91 Å². The minimum absolute atomic E-state index is 0.318. The zero-order chi connectivity index (χ0) is 17.6. The Balaban J connectivity index is 1.90. The molecule has 0 saturated heterocycles. The van der Waals surface area contributed by atoms with Crippen molar-refractivity contribution in [2.24, 2.45) is 15.9 Å². The summed E-state index contributed by atoms with van der Waals surface area (Å²) in [6, 6.07) is 18.1. The van der Waals surface area contributed by atoms with Crippen molar-refractivity contribution in [1.82, 2.24) is 9.99 Å². The summed E-state index contributed by atoms with van der Waals surface area (Å²) in [4.78, 5) is 10.4. The highest BCUT2D eigenvalue weighted by molar-refractivity contribution is 5.99. The second-order valence-electron chi connectivity index (χ2n) is 5.33. The van der Waals surface area contributed by atoms with Gasteiger partial charge in [0.25, 0.3) is 5.96 Å². The minimum Gasteiger partial charge on any atom is -0.364 e. The van der Waals surface area contributed by atoms with Gasteiger partial charge in [0.05, 0.1) is 6.21 Å². The van der Waals surface area contributed by atoms with Crippen molar-refractivity contribution < 1.29 is 10.2 Å². The number of para-hydroxylation sites is 1. The SMILES string of the molecule is N/C(=N\N=C\c1cn(Cc2ccccc2)c2ccccc12)N[N+](=O)O. The first-order chi connectivity index (χ1) is 12.1. The number of hydrogen-bond donors (Lipinski definition) is 3.